The topological polar surface area (TPSA) is 105 Å². The molecule has 0 heterocycles. The van der Waals surface area contributed by atoms with Gasteiger partial charge in [0.15, 0.2) is 0 Å². The maximum atomic E-state index is 12.7. The molecule has 0 saturated heterocycles. The molecule has 0 aromatic rings. The maximum Gasteiger partial charge on any atom is 0.144 e. The molecule has 0 radical (unpaired) electrons. The summed E-state index contributed by atoms with van der Waals surface area (Å²) in [6, 6.07) is 0. The molecule has 0 aromatic carbocycles. The second-order valence-electron chi connectivity index (χ2n) is 11.6. The Morgan fingerprint density at radius 2 is 1.90 bits per heavy atom. The first-order valence-electron chi connectivity index (χ1n) is 11.8. The Kier molecular flexibility index (Phi) is 5.60. The number of carbonyl (C=O) groups excluding carboxylic acids is 1. The summed E-state index contributed by atoms with van der Waals surface area (Å²) < 4.78 is 0. The fraction of sp³-hybridized carbons (Fsp3) is 0.917. The quantitative estimate of drug-likeness (QED) is 0.607. The number of hydrogen-bond donors (Lipinski definition) is 3. The van der Waals surface area contributed by atoms with Crippen LogP contribution in [0, 0.1) is 40.4 Å². The van der Waals surface area contributed by atoms with Crippen molar-refractivity contribution in [3.63, 3.8) is 0 Å². The number of carbonyl (C=O) groups is 1. The van der Waals surface area contributed by atoms with E-state index in [-0.39, 0.29) is 41.1 Å². The van der Waals surface area contributed by atoms with Gasteiger partial charge in [-0.15, -0.1) is 0 Å². The van der Waals surface area contributed by atoms with Crippen LogP contribution in [0.25, 0.3) is 0 Å². The molecule has 0 amide bonds. The van der Waals surface area contributed by atoms with E-state index in [1.807, 2.05) is 13.8 Å². The lowest BCUT2D eigenvalue weighted by Crippen LogP contribution is -2.62. The van der Waals surface area contributed by atoms with Gasteiger partial charge in [0.05, 0.1) is 11.8 Å². The molecule has 30 heavy (non-hydrogen) atoms. The van der Waals surface area contributed by atoms with E-state index in [2.05, 4.69) is 19.0 Å². The Morgan fingerprint density at radius 1 is 1.17 bits per heavy atom. The number of nitrogens with zero attached hydrogens (tertiary/aromatic N) is 1. The van der Waals surface area contributed by atoms with Crippen molar-refractivity contribution >= 4 is 11.5 Å². The maximum absolute atomic E-state index is 12.7. The minimum absolute atomic E-state index is 0.0234. The first kappa shape index (κ1) is 22.2. The summed E-state index contributed by atoms with van der Waals surface area (Å²) in [7, 11) is 0. The van der Waals surface area contributed by atoms with Crippen molar-refractivity contribution in [2.45, 2.75) is 84.3 Å². The van der Waals surface area contributed by atoms with Crippen LogP contribution in [0.5, 0.6) is 0 Å². The fourth-order valence-corrected chi connectivity index (χ4v) is 7.57. The minimum Gasteiger partial charge on any atom is -0.396 e. The van der Waals surface area contributed by atoms with E-state index < -0.39 is 11.7 Å². The predicted molar refractivity (Wildman–Crippen MR) is 116 cm³/mol. The van der Waals surface area contributed by atoms with E-state index in [1.54, 1.807) is 0 Å². The van der Waals surface area contributed by atoms with E-state index in [0.29, 0.717) is 24.7 Å². The Morgan fingerprint density at radius 3 is 2.57 bits per heavy atom. The van der Waals surface area contributed by atoms with Crippen molar-refractivity contribution in [3.05, 3.63) is 0 Å². The SMILES string of the molecule is CC(C)(CN)ON=C1CC[C@@]2(C)C(C1)[C@@H](CO)[C@@H](O)[C@@H]1[C@@H]2CC[C@]2(C)C(=O)CC[C@@H]12. The lowest BCUT2D eigenvalue weighted by molar-refractivity contribution is -0.189. The molecule has 0 aromatic heterocycles. The molecule has 170 valence electrons. The molecule has 0 spiro atoms. The summed E-state index contributed by atoms with van der Waals surface area (Å²) >= 11 is 0. The lowest BCUT2D eigenvalue weighted by Gasteiger charge is -2.63. The highest BCUT2D eigenvalue weighted by Crippen LogP contribution is 2.66. The molecule has 4 fully saturated rings. The molecule has 0 aliphatic heterocycles. The number of aliphatic hydroxyl groups is 2. The second kappa shape index (κ2) is 7.56. The van der Waals surface area contributed by atoms with E-state index in [0.717, 1.165) is 44.2 Å². The van der Waals surface area contributed by atoms with Gasteiger partial charge < -0.3 is 20.8 Å². The Labute approximate surface area is 180 Å². The number of oxime groups is 1. The van der Waals surface area contributed by atoms with Crippen molar-refractivity contribution in [2.24, 2.45) is 51.3 Å². The molecule has 8 atom stereocenters. The summed E-state index contributed by atoms with van der Waals surface area (Å²) in [5, 5.41) is 26.3. The van der Waals surface area contributed by atoms with Gasteiger partial charge in [-0.1, -0.05) is 19.0 Å². The number of aliphatic hydroxyl groups excluding tert-OH is 2. The molecule has 4 N–H and O–H groups in total. The van der Waals surface area contributed by atoms with Crippen molar-refractivity contribution in [2.75, 3.05) is 13.2 Å². The van der Waals surface area contributed by atoms with Crippen LogP contribution in [0.15, 0.2) is 5.16 Å². The number of ketones is 1. The number of Topliss-reactive ketones (excluding diaryl/α,β-unsaturated/α-hetero) is 1. The van der Waals surface area contributed by atoms with Crippen LogP contribution in [0.4, 0.5) is 0 Å². The zero-order valence-corrected chi connectivity index (χ0v) is 19.1. The van der Waals surface area contributed by atoms with Crippen LogP contribution in [-0.2, 0) is 9.63 Å². The van der Waals surface area contributed by atoms with Gasteiger partial charge in [-0.2, -0.15) is 0 Å². The molecule has 0 bridgehead atoms. The smallest absolute Gasteiger partial charge is 0.144 e. The van der Waals surface area contributed by atoms with Gasteiger partial charge in [0.1, 0.15) is 11.4 Å². The van der Waals surface area contributed by atoms with Crippen molar-refractivity contribution in [1.82, 2.24) is 0 Å². The highest BCUT2D eigenvalue weighted by Gasteiger charge is 2.64. The van der Waals surface area contributed by atoms with Crippen LogP contribution in [0.3, 0.4) is 0 Å². The number of hydrogen-bond acceptors (Lipinski definition) is 6. The third-order valence-electron chi connectivity index (χ3n) is 9.62. The number of nitrogens with two attached hydrogens (primary N) is 1. The summed E-state index contributed by atoms with van der Waals surface area (Å²) in [6.07, 6.45) is 5.53. The van der Waals surface area contributed by atoms with Crippen molar-refractivity contribution in [3.8, 4) is 0 Å². The Bertz CT molecular complexity index is 722. The van der Waals surface area contributed by atoms with E-state index in [9.17, 15) is 15.0 Å². The van der Waals surface area contributed by atoms with Gasteiger partial charge in [0.2, 0.25) is 0 Å². The van der Waals surface area contributed by atoms with Crippen LogP contribution >= 0.6 is 0 Å². The molecule has 4 rings (SSSR count). The Balaban J connectivity index is 1.63. The van der Waals surface area contributed by atoms with Crippen LogP contribution in [-0.4, -0.2) is 46.6 Å². The average Bonchev–Trinajstić information content (AvgIpc) is 3.02. The predicted octanol–water partition coefficient (Wildman–Crippen LogP) is 2.90. The first-order valence-corrected chi connectivity index (χ1v) is 11.8. The fourth-order valence-electron chi connectivity index (χ4n) is 7.57. The third-order valence-corrected chi connectivity index (χ3v) is 9.62. The minimum atomic E-state index is -0.561. The average molecular weight is 421 g/mol. The lowest BCUT2D eigenvalue weighted by atomic mass is 9.42. The van der Waals surface area contributed by atoms with E-state index >= 15 is 0 Å². The summed E-state index contributed by atoms with van der Waals surface area (Å²) in [5.74, 6) is 1.13. The number of fused-ring (bicyclic) bond motifs is 5. The molecule has 4 aliphatic carbocycles. The van der Waals surface area contributed by atoms with Crippen LogP contribution in [0.2, 0.25) is 0 Å². The van der Waals surface area contributed by atoms with Gasteiger partial charge in [0, 0.05) is 30.9 Å². The molecule has 1 unspecified atom stereocenters. The summed E-state index contributed by atoms with van der Waals surface area (Å²) in [6.45, 7) is 8.72. The molecule has 6 heteroatoms. The molecule has 4 aliphatic rings. The second-order valence-corrected chi connectivity index (χ2v) is 11.6. The normalized spacial score (nSPS) is 47.6. The Hall–Kier alpha value is -0.980. The monoisotopic (exact) mass is 420 g/mol. The number of rotatable bonds is 4. The molecular weight excluding hydrogens is 380 g/mol. The first-order chi connectivity index (χ1) is 14.1. The van der Waals surface area contributed by atoms with Gasteiger partial charge >= 0.3 is 0 Å². The van der Waals surface area contributed by atoms with Gasteiger partial charge in [-0.3, -0.25) is 4.79 Å². The van der Waals surface area contributed by atoms with E-state index in [4.69, 9.17) is 10.6 Å². The summed E-state index contributed by atoms with van der Waals surface area (Å²) in [4.78, 5) is 18.4. The zero-order chi connectivity index (χ0) is 21.9. The standard InChI is InChI=1S/C24H40N2O4/c1-22(2,13-25)30-26-14-7-9-23(3)17-8-10-24(4)16(5-6-19(24)28)20(17)21(29)15(12-27)18(23)11-14/h15-18,20-21,27,29H,5-13,25H2,1-4H3/t15-,16+,17+,18?,20+,21-,23-,24+/m1/s1. The van der Waals surface area contributed by atoms with Gasteiger partial charge in [-0.25, -0.2) is 0 Å². The van der Waals surface area contributed by atoms with Crippen LogP contribution in [0.1, 0.15) is 72.6 Å². The molecule has 6 nitrogen and oxygen atoms in total. The summed E-state index contributed by atoms with van der Waals surface area (Å²) in [5.41, 5.74) is 6.05. The highest BCUT2D eigenvalue weighted by atomic mass is 16.6. The third kappa shape index (κ3) is 3.25. The van der Waals surface area contributed by atoms with Crippen LogP contribution < -0.4 is 5.73 Å². The van der Waals surface area contributed by atoms with Gasteiger partial charge in [-0.05, 0) is 81.5 Å². The highest BCUT2D eigenvalue weighted by molar-refractivity contribution is 5.87. The largest absolute Gasteiger partial charge is 0.396 e. The molecule has 4 saturated carbocycles. The molecular formula is C24H40N2O4. The van der Waals surface area contributed by atoms with Crippen molar-refractivity contribution in [1.29, 1.82) is 0 Å². The van der Waals surface area contributed by atoms with Gasteiger partial charge in [0.25, 0.3) is 0 Å². The zero-order valence-electron chi connectivity index (χ0n) is 19.1. The van der Waals surface area contributed by atoms with Crippen molar-refractivity contribution < 1.29 is 19.8 Å². The van der Waals surface area contributed by atoms with E-state index in [1.165, 1.54) is 0 Å².